The normalized spacial score (nSPS) is 18.5. The van der Waals surface area contributed by atoms with E-state index in [0.717, 1.165) is 0 Å². The fourth-order valence-electron chi connectivity index (χ4n) is 2.29. The second kappa shape index (κ2) is 7.60. The first-order valence-electron chi connectivity index (χ1n) is 7.97. The number of benzene rings is 1. The Hall–Kier alpha value is -2.48. The third kappa shape index (κ3) is 5.25. The van der Waals surface area contributed by atoms with Gasteiger partial charge in [-0.25, -0.2) is 9.59 Å². The van der Waals surface area contributed by atoms with Crippen LogP contribution in [0.3, 0.4) is 0 Å². The van der Waals surface area contributed by atoms with Crippen molar-refractivity contribution in [1.29, 1.82) is 0 Å². The molecule has 2 N–H and O–H groups in total. The zero-order valence-corrected chi connectivity index (χ0v) is 14.8. The van der Waals surface area contributed by atoms with Gasteiger partial charge >= 0.3 is 12.2 Å². The summed E-state index contributed by atoms with van der Waals surface area (Å²) in [5, 5.41) is 12.6. The lowest BCUT2D eigenvalue weighted by Gasteiger charge is -2.21. The topological polar surface area (TPSA) is 97.3 Å². The van der Waals surface area contributed by atoms with E-state index in [4.69, 9.17) is 14.2 Å². The van der Waals surface area contributed by atoms with Crippen molar-refractivity contribution in [3.63, 3.8) is 0 Å². The number of cyclic esters (lactones) is 1. The van der Waals surface area contributed by atoms with Gasteiger partial charge in [-0.3, -0.25) is 4.90 Å². The summed E-state index contributed by atoms with van der Waals surface area (Å²) in [4.78, 5) is 25.1. The van der Waals surface area contributed by atoms with Crippen LogP contribution in [0.25, 0.3) is 0 Å². The van der Waals surface area contributed by atoms with E-state index >= 15 is 0 Å². The van der Waals surface area contributed by atoms with Crippen molar-refractivity contribution in [2.24, 2.45) is 0 Å². The zero-order chi connectivity index (χ0) is 18.6. The van der Waals surface area contributed by atoms with Crippen molar-refractivity contribution < 1.29 is 28.9 Å². The van der Waals surface area contributed by atoms with E-state index in [2.05, 4.69) is 5.32 Å². The highest BCUT2D eigenvalue weighted by atomic mass is 16.6. The van der Waals surface area contributed by atoms with Crippen LogP contribution in [-0.4, -0.2) is 55.3 Å². The van der Waals surface area contributed by atoms with Crippen LogP contribution in [0.2, 0.25) is 0 Å². The van der Waals surface area contributed by atoms with E-state index in [0.29, 0.717) is 11.4 Å². The molecule has 1 aromatic rings. The fraction of sp³-hybridized carbons (Fsp3) is 0.529. The summed E-state index contributed by atoms with van der Waals surface area (Å²) >= 11 is 0. The monoisotopic (exact) mass is 352 g/mol. The summed E-state index contributed by atoms with van der Waals surface area (Å²) in [7, 11) is 1.56. The van der Waals surface area contributed by atoms with Crippen LogP contribution in [0, 0.1) is 0 Å². The number of nitrogens with zero attached hydrogens (tertiary/aromatic N) is 1. The molecule has 1 saturated heterocycles. The first kappa shape index (κ1) is 18.9. The Morgan fingerprint density at radius 1 is 1.40 bits per heavy atom. The molecular formula is C17H24N2O6. The van der Waals surface area contributed by atoms with Gasteiger partial charge in [-0.05, 0) is 45.0 Å². The number of ether oxygens (including phenoxy) is 3. The van der Waals surface area contributed by atoms with Gasteiger partial charge in [-0.2, -0.15) is 0 Å². The molecule has 1 fully saturated rings. The summed E-state index contributed by atoms with van der Waals surface area (Å²) in [6, 6.07) is 6.93. The number of anilines is 1. The Morgan fingerprint density at radius 3 is 2.60 bits per heavy atom. The van der Waals surface area contributed by atoms with Crippen LogP contribution in [0.15, 0.2) is 24.3 Å². The second-order valence-corrected chi connectivity index (χ2v) is 6.68. The minimum atomic E-state index is -1.04. The number of hydrogen-bond acceptors (Lipinski definition) is 6. The molecule has 0 bridgehead atoms. The molecule has 25 heavy (non-hydrogen) atoms. The summed E-state index contributed by atoms with van der Waals surface area (Å²) in [5.74, 6) is 0.675. The second-order valence-electron chi connectivity index (χ2n) is 6.68. The lowest BCUT2D eigenvalue weighted by Crippen LogP contribution is -2.42. The Labute approximate surface area is 146 Å². The molecule has 2 atom stereocenters. The van der Waals surface area contributed by atoms with Gasteiger partial charge in [0.05, 0.1) is 20.2 Å². The van der Waals surface area contributed by atoms with Gasteiger partial charge in [0, 0.05) is 5.69 Å². The summed E-state index contributed by atoms with van der Waals surface area (Å²) in [6.07, 6.45) is -2.97. The highest BCUT2D eigenvalue weighted by Crippen LogP contribution is 2.25. The van der Waals surface area contributed by atoms with Gasteiger partial charge in [0.2, 0.25) is 0 Å². The van der Waals surface area contributed by atoms with Crippen LogP contribution in [-0.2, 0) is 9.47 Å². The Kier molecular flexibility index (Phi) is 5.73. The van der Waals surface area contributed by atoms with Crippen molar-refractivity contribution >= 4 is 17.9 Å². The molecule has 138 valence electrons. The van der Waals surface area contributed by atoms with Gasteiger partial charge < -0.3 is 24.6 Å². The van der Waals surface area contributed by atoms with Gasteiger partial charge in [0.25, 0.3) is 0 Å². The molecule has 1 aromatic carbocycles. The van der Waals surface area contributed by atoms with E-state index in [9.17, 15) is 14.7 Å². The Balaban J connectivity index is 1.89. The lowest BCUT2D eigenvalue weighted by atomic mass is 10.2. The quantitative estimate of drug-likeness (QED) is 0.840. The first-order valence-corrected chi connectivity index (χ1v) is 7.97. The molecule has 2 amide bonds. The Morgan fingerprint density at radius 2 is 2.04 bits per heavy atom. The Bertz CT molecular complexity index is 611. The number of alkyl carbamates (subject to hydrolysis) is 1. The molecular weight excluding hydrogens is 328 g/mol. The smallest absolute Gasteiger partial charge is 0.414 e. The van der Waals surface area contributed by atoms with Gasteiger partial charge in [-0.1, -0.05) is 0 Å². The molecule has 8 heteroatoms. The predicted molar refractivity (Wildman–Crippen MR) is 90.9 cm³/mol. The van der Waals surface area contributed by atoms with Gasteiger partial charge in [-0.15, -0.1) is 0 Å². The number of amides is 2. The maximum Gasteiger partial charge on any atom is 0.414 e. The van der Waals surface area contributed by atoms with Crippen molar-refractivity contribution in [1.82, 2.24) is 5.32 Å². The number of carbonyl (C=O) groups is 2. The van der Waals surface area contributed by atoms with Crippen LogP contribution in [0.4, 0.5) is 15.3 Å². The third-order valence-electron chi connectivity index (χ3n) is 3.50. The average molecular weight is 352 g/mol. The summed E-state index contributed by atoms with van der Waals surface area (Å²) < 4.78 is 15.4. The zero-order valence-electron chi connectivity index (χ0n) is 14.8. The summed E-state index contributed by atoms with van der Waals surface area (Å²) in [6.45, 7) is 5.34. The van der Waals surface area contributed by atoms with E-state index in [1.165, 1.54) is 4.90 Å². The number of aliphatic hydroxyl groups is 1. The molecule has 0 spiro atoms. The molecule has 0 aromatic heterocycles. The van der Waals surface area contributed by atoms with Crippen molar-refractivity contribution in [2.75, 3.05) is 25.1 Å². The van der Waals surface area contributed by atoms with Crippen LogP contribution < -0.4 is 15.0 Å². The lowest BCUT2D eigenvalue weighted by molar-refractivity contribution is 0.0243. The highest BCUT2D eigenvalue weighted by Gasteiger charge is 2.37. The molecule has 1 heterocycles. The number of hydrogen-bond donors (Lipinski definition) is 2. The molecule has 0 radical (unpaired) electrons. The molecule has 1 aliphatic rings. The number of rotatable bonds is 5. The number of carbonyl (C=O) groups excluding carboxylic acids is 2. The van der Waals surface area contributed by atoms with Gasteiger partial charge in [0.15, 0.2) is 0 Å². The van der Waals surface area contributed by atoms with Crippen LogP contribution in [0.1, 0.15) is 20.8 Å². The van der Waals surface area contributed by atoms with E-state index in [-0.39, 0.29) is 13.1 Å². The number of methoxy groups -OCH3 is 1. The molecule has 1 unspecified atom stereocenters. The number of nitrogens with one attached hydrogen (secondary N) is 1. The fourth-order valence-corrected chi connectivity index (χ4v) is 2.29. The van der Waals surface area contributed by atoms with Crippen LogP contribution in [0.5, 0.6) is 5.75 Å². The third-order valence-corrected chi connectivity index (χ3v) is 3.50. The minimum Gasteiger partial charge on any atom is -0.497 e. The molecule has 8 nitrogen and oxygen atoms in total. The maximum absolute atomic E-state index is 12.0. The molecule has 0 saturated carbocycles. The predicted octanol–water partition coefficient (Wildman–Crippen LogP) is 1.91. The van der Waals surface area contributed by atoms with Gasteiger partial charge in [0.1, 0.15) is 23.6 Å². The average Bonchev–Trinajstić information content (AvgIpc) is 2.93. The van der Waals surface area contributed by atoms with E-state index in [1.807, 2.05) is 0 Å². The molecule has 1 aliphatic heterocycles. The highest BCUT2D eigenvalue weighted by molar-refractivity contribution is 5.89. The van der Waals surface area contributed by atoms with E-state index in [1.54, 1.807) is 52.1 Å². The van der Waals surface area contributed by atoms with Crippen molar-refractivity contribution in [3.8, 4) is 5.75 Å². The van der Waals surface area contributed by atoms with Crippen molar-refractivity contribution in [3.05, 3.63) is 24.3 Å². The largest absolute Gasteiger partial charge is 0.497 e. The molecule has 2 rings (SSSR count). The van der Waals surface area contributed by atoms with E-state index < -0.39 is 30.0 Å². The van der Waals surface area contributed by atoms with Crippen LogP contribution >= 0.6 is 0 Å². The number of aliphatic hydroxyl groups excluding tert-OH is 1. The standard InChI is InChI=1S/C17H24N2O6/c1-17(2,3)25-15(21)18-9-13(20)14-10-19(16(22)24-14)11-5-7-12(23-4)8-6-11/h5-8,13-14,20H,9-10H2,1-4H3,(H,18,21)/t13?,14-/m1/s1. The minimum absolute atomic E-state index is 0.0800. The SMILES string of the molecule is COc1ccc(N2C[C@H](C(O)CNC(=O)OC(C)(C)C)OC2=O)cc1. The van der Waals surface area contributed by atoms with Crippen molar-refractivity contribution in [2.45, 2.75) is 38.6 Å². The first-order chi connectivity index (χ1) is 11.7. The summed E-state index contributed by atoms with van der Waals surface area (Å²) in [5.41, 5.74) is 0.0145. The maximum atomic E-state index is 12.0. The molecule has 0 aliphatic carbocycles.